The monoisotopic (exact) mass is 204 g/mol. The van der Waals surface area contributed by atoms with Gasteiger partial charge in [0.1, 0.15) is 5.82 Å². The Morgan fingerprint density at radius 2 is 2.17 bits per heavy atom. The van der Waals surface area contributed by atoms with Crippen LogP contribution >= 0.6 is 24.2 Å². The van der Waals surface area contributed by atoms with Crippen LogP contribution in [0.15, 0.2) is 18.2 Å². The van der Waals surface area contributed by atoms with Gasteiger partial charge in [-0.15, -0.1) is 0 Å². The molecule has 0 heterocycles. The fraction of sp³-hybridized carbons (Fsp3) is 0.333. The topological polar surface area (TPSA) is 0 Å². The molecule has 0 fully saturated rings. The van der Waals surface area contributed by atoms with E-state index in [0.717, 1.165) is 12.2 Å². The highest BCUT2D eigenvalue weighted by molar-refractivity contribution is 7.80. The average molecular weight is 205 g/mol. The molecule has 1 aromatic carbocycles. The lowest BCUT2D eigenvalue weighted by Gasteiger charge is -2.02. The molecular weight excluding hydrogens is 195 g/mol. The van der Waals surface area contributed by atoms with E-state index in [1.165, 1.54) is 0 Å². The van der Waals surface area contributed by atoms with Crippen LogP contribution < -0.4 is 0 Å². The first-order valence-electron chi connectivity index (χ1n) is 3.79. The molecule has 0 N–H and O–H groups in total. The van der Waals surface area contributed by atoms with E-state index in [0.29, 0.717) is 12.0 Å². The normalized spacial score (nSPS) is 10.2. The molecule has 66 valence electrons. The number of hydrogen-bond donors (Lipinski definition) is 1. The second-order valence-corrected chi connectivity index (χ2v) is 3.39. The quantitative estimate of drug-likeness (QED) is 0.718. The van der Waals surface area contributed by atoms with Gasteiger partial charge in [0, 0.05) is 0 Å². The maximum Gasteiger partial charge on any atom is 0.144 e. The van der Waals surface area contributed by atoms with Crippen LogP contribution in [0.25, 0.3) is 0 Å². The molecular formula is C9H10ClFS. The zero-order chi connectivity index (χ0) is 8.97. The smallest absolute Gasteiger partial charge is 0.144 e. The Hall–Kier alpha value is -0.210. The fourth-order valence-electron chi connectivity index (χ4n) is 1.01. The van der Waals surface area contributed by atoms with Crippen molar-refractivity contribution in [3.05, 3.63) is 34.6 Å². The largest absolute Gasteiger partial charge is 0.205 e. The Balaban J connectivity index is 2.78. The highest BCUT2D eigenvalue weighted by atomic mass is 35.5. The van der Waals surface area contributed by atoms with Gasteiger partial charge in [-0.2, -0.15) is 12.6 Å². The highest BCUT2D eigenvalue weighted by Crippen LogP contribution is 2.18. The minimum absolute atomic E-state index is 0.201. The van der Waals surface area contributed by atoms with Gasteiger partial charge in [-0.05, 0) is 30.2 Å². The number of hydrogen-bond acceptors (Lipinski definition) is 1. The molecule has 0 nitrogen and oxygen atoms in total. The summed E-state index contributed by atoms with van der Waals surface area (Å²) in [6.45, 7) is 0. The number of halogens is 2. The standard InChI is InChI=1S/C9H10ClFS/c10-8-5-1-3-7(9(8)11)4-2-6-12/h1,3,5,12H,2,4,6H2. The molecule has 1 aromatic rings. The molecule has 0 aromatic heterocycles. The summed E-state index contributed by atoms with van der Waals surface area (Å²) >= 11 is 9.65. The van der Waals surface area contributed by atoms with Crippen LogP contribution in [-0.2, 0) is 6.42 Å². The average Bonchev–Trinajstić information content (AvgIpc) is 2.08. The van der Waals surface area contributed by atoms with Gasteiger partial charge >= 0.3 is 0 Å². The molecule has 0 aliphatic rings. The first kappa shape index (κ1) is 9.87. The SMILES string of the molecule is Fc1c(Cl)cccc1CCCS. The summed E-state index contributed by atoms with van der Waals surface area (Å²) in [5.74, 6) is 0.479. The first-order valence-corrected chi connectivity index (χ1v) is 4.80. The van der Waals surface area contributed by atoms with E-state index in [1.54, 1.807) is 18.2 Å². The Bertz CT molecular complexity index is 263. The van der Waals surface area contributed by atoms with Gasteiger partial charge in [-0.3, -0.25) is 0 Å². The summed E-state index contributed by atoms with van der Waals surface area (Å²) in [5.41, 5.74) is 0.677. The third-order valence-electron chi connectivity index (χ3n) is 1.64. The number of thiol groups is 1. The molecule has 0 spiro atoms. The van der Waals surface area contributed by atoms with Gasteiger partial charge in [0.25, 0.3) is 0 Å². The van der Waals surface area contributed by atoms with E-state index < -0.39 is 0 Å². The van der Waals surface area contributed by atoms with Crippen molar-refractivity contribution in [3.63, 3.8) is 0 Å². The van der Waals surface area contributed by atoms with Gasteiger partial charge in [0.15, 0.2) is 0 Å². The molecule has 0 saturated heterocycles. The molecule has 0 amide bonds. The van der Waals surface area contributed by atoms with Gasteiger partial charge in [0.05, 0.1) is 5.02 Å². The van der Waals surface area contributed by atoms with E-state index >= 15 is 0 Å². The van der Waals surface area contributed by atoms with E-state index in [4.69, 9.17) is 11.6 Å². The number of benzene rings is 1. The van der Waals surface area contributed by atoms with Crippen molar-refractivity contribution in [2.75, 3.05) is 5.75 Å². The van der Waals surface area contributed by atoms with Crippen LogP contribution in [0, 0.1) is 5.82 Å². The number of rotatable bonds is 3. The van der Waals surface area contributed by atoms with Gasteiger partial charge in [-0.1, -0.05) is 23.7 Å². The lowest BCUT2D eigenvalue weighted by atomic mass is 10.1. The maximum absolute atomic E-state index is 13.2. The van der Waals surface area contributed by atoms with Crippen LogP contribution in [0.5, 0.6) is 0 Å². The van der Waals surface area contributed by atoms with Crippen LogP contribution in [0.3, 0.4) is 0 Å². The van der Waals surface area contributed by atoms with Crippen LogP contribution in [0.4, 0.5) is 4.39 Å². The van der Waals surface area contributed by atoms with Crippen molar-refractivity contribution in [1.29, 1.82) is 0 Å². The van der Waals surface area contributed by atoms with Crippen LogP contribution in [-0.4, -0.2) is 5.75 Å². The predicted octanol–water partition coefficient (Wildman–Crippen LogP) is 3.34. The summed E-state index contributed by atoms with van der Waals surface area (Å²) in [7, 11) is 0. The van der Waals surface area contributed by atoms with Crippen LogP contribution in [0.2, 0.25) is 5.02 Å². The molecule has 0 atom stereocenters. The van der Waals surface area contributed by atoms with Crippen molar-refractivity contribution >= 4 is 24.2 Å². The van der Waals surface area contributed by atoms with Crippen molar-refractivity contribution in [3.8, 4) is 0 Å². The van der Waals surface area contributed by atoms with Crippen molar-refractivity contribution in [2.45, 2.75) is 12.8 Å². The predicted molar refractivity (Wildman–Crippen MR) is 53.6 cm³/mol. The van der Waals surface area contributed by atoms with Crippen LogP contribution in [0.1, 0.15) is 12.0 Å². The molecule has 0 unspecified atom stereocenters. The van der Waals surface area contributed by atoms with E-state index in [-0.39, 0.29) is 10.8 Å². The van der Waals surface area contributed by atoms with Crippen molar-refractivity contribution in [1.82, 2.24) is 0 Å². The van der Waals surface area contributed by atoms with E-state index in [1.807, 2.05) is 0 Å². The van der Waals surface area contributed by atoms with E-state index in [9.17, 15) is 4.39 Å². The third-order valence-corrected chi connectivity index (χ3v) is 2.24. The van der Waals surface area contributed by atoms with Gasteiger partial charge < -0.3 is 0 Å². The Kier molecular flexibility index (Phi) is 3.89. The molecule has 1 rings (SSSR count). The molecule has 0 saturated carbocycles. The minimum atomic E-state index is -0.291. The van der Waals surface area contributed by atoms with Crippen molar-refractivity contribution in [2.24, 2.45) is 0 Å². The summed E-state index contributed by atoms with van der Waals surface area (Å²) in [5, 5.41) is 0.201. The molecule has 3 heteroatoms. The van der Waals surface area contributed by atoms with Gasteiger partial charge in [0.2, 0.25) is 0 Å². The summed E-state index contributed by atoms with van der Waals surface area (Å²) in [6, 6.07) is 5.07. The second-order valence-electron chi connectivity index (χ2n) is 2.54. The zero-order valence-corrected chi connectivity index (χ0v) is 8.21. The Labute approximate surface area is 82.2 Å². The second kappa shape index (κ2) is 4.73. The minimum Gasteiger partial charge on any atom is -0.205 e. The fourth-order valence-corrected chi connectivity index (χ4v) is 1.36. The highest BCUT2D eigenvalue weighted by Gasteiger charge is 2.04. The molecule has 0 radical (unpaired) electrons. The maximum atomic E-state index is 13.2. The van der Waals surface area contributed by atoms with Crippen molar-refractivity contribution < 1.29 is 4.39 Å². The Morgan fingerprint density at radius 1 is 1.42 bits per heavy atom. The molecule has 0 aliphatic carbocycles. The summed E-state index contributed by atoms with van der Waals surface area (Å²) in [4.78, 5) is 0. The summed E-state index contributed by atoms with van der Waals surface area (Å²) in [6.07, 6.45) is 1.58. The molecule has 0 aliphatic heterocycles. The zero-order valence-electron chi connectivity index (χ0n) is 6.56. The number of aryl methyl sites for hydroxylation is 1. The molecule has 12 heavy (non-hydrogen) atoms. The Morgan fingerprint density at radius 3 is 2.83 bits per heavy atom. The van der Waals surface area contributed by atoms with Gasteiger partial charge in [-0.25, -0.2) is 4.39 Å². The lowest BCUT2D eigenvalue weighted by molar-refractivity contribution is 0.608. The van der Waals surface area contributed by atoms with E-state index in [2.05, 4.69) is 12.6 Å². The third kappa shape index (κ3) is 2.39. The summed E-state index contributed by atoms with van der Waals surface area (Å²) < 4.78 is 13.2. The molecule has 0 bridgehead atoms. The lowest BCUT2D eigenvalue weighted by Crippen LogP contribution is -1.91. The first-order chi connectivity index (χ1) is 5.75.